The summed E-state index contributed by atoms with van der Waals surface area (Å²) in [6, 6.07) is 0. The fraction of sp³-hybridized carbons (Fsp3) is 0.867. The molecule has 2 heteroatoms. The van der Waals surface area contributed by atoms with E-state index in [0.717, 1.165) is 44.3 Å². The van der Waals surface area contributed by atoms with E-state index in [1.54, 1.807) is 5.57 Å². The minimum absolute atomic E-state index is 0.0453. The summed E-state index contributed by atoms with van der Waals surface area (Å²) in [5, 5.41) is 9.53. The number of piperidine rings is 1. The predicted octanol–water partition coefficient (Wildman–Crippen LogP) is 2.44. The lowest BCUT2D eigenvalue weighted by molar-refractivity contribution is -0.0127. The molecule has 0 aromatic carbocycles. The molecule has 4 rings (SSSR count). The molecule has 2 atom stereocenters. The zero-order valence-electron chi connectivity index (χ0n) is 11.2. The Bertz CT molecular complexity index is 326. The molecule has 1 N–H and O–H groups in total. The molecule has 4 aliphatic rings. The minimum atomic E-state index is -0.0453. The van der Waals surface area contributed by atoms with Crippen molar-refractivity contribution < 1.29 is 5.11 Å². The standard InChI is InChI=1S/C15H25NO/c1-15(2)12-4-3-11(14(15)9-12)10-16-7-5-13(17)6-8-16/h3,12-14,17H,4-10H2,1-2H3/t12-,14-/m0/s1. The number of allylic oxidation sites excluding steroid dienone is 1. The van der Waals surface area contributed by atoms with Crippen LogP contribution >= 0.6 is 0 Å². The summed E-state index contributed by atoms with van der Waals surface area (Å²) >= 11 is 0. The van der Waals surface area contributed by atoms with Crippen molar-refractivity contribution in [2.45, 2.75) is 45.6 Å². The quantitative estimate of drug-likeness (QED) is 0.743. The summed E-state index contributed by atoms with van der Waals surface area (Å²) in [5.74, 6) is 1.78. The Kier molecular flexibility index (Phi) is 2.83. The summed E-state index contributed by atoms with van der Waals surface area (Å²) in [4.78, 5) is 2.54. The van der Waals surface area contributed by atoms with Gasteiger partial charge in [0.15, 0.2) is 0 Å². The lowest BCUT2D eigenvalue weighted by Gasteiger charge is -2.57. The smallest absolute Gasteiger partial charge is 0.0564 e. The molecule has 3 aliphatic carbocycles. The Labute approximate surface area is 105 Å². The van der Waals surface area contributed by atoms with E-state index in [0.29, 0.717) is 5.41 Å². The first-order valence-electron chi connectivity index (χ1n) is 7.16. The van der Waals surface area contributed by atoms with Gasteiger partial charge in [-0.25, -0.2) is 0 Å². The van der Waals surface area contributed by atoms with Gasteiger partial charge in [-0.15, -0.1) is 0 Å². The predicted molar refractivity (Wildman–Crippen MR) is 69.8 cm³/mol. The second-order valence-corrected chi connectivity index (χ2v) is 6.83. The molecule has 1 heterocycles. The first-order chi connectivity index (χ1) is 8.07. The minimum Gasteiger partial charge on any atom is -0.393 e. The normalized spacial score (nSPS) is 37.5. The van der Waals surface area contributed by atoms with Crippen LogP contribution in [0.25, 0.3) is 0 Å². The van der Waals surface area contributed by atoms with E-state index < -0.39 is 0 Å². The molecule has 0 amide bonds. The van der Waals surface area contributed by atoms with Gasteiger partial charge in [0.25, 0.3) is 0 Å². The summed E-state index contributed by atoms with van der Waals surface area (Å²) < 4.78 is 0. The van der Waals surface area contributed by atoms with Gasteiger partial charge in [0.1, 0.15) is 0 Å². The van der Waals surface area contributed by atoms with E-state index in [-0.39, 0.29) is 6.10 Å². The molecular formula is C15H25NO. The first kappa shape index (κ1) is 11.7. The highest BCUT2D eigenvalue weighted by molar-refractivity contribution is 5.24. The molecule has 17 heavy (non-hydrogen) atoms. The van der Waals surface area contributed by atoms with Gasteiger partial charge < -0.3 is 5.11 Å². The van der Waals surface area contributed by atoms with Crippen molar-refractivity contribution in [3.63, 3.8) is 0 Å². The van der Waals surface area contributed by atoms with Gasteiger partial charge in [0.2, 0.25) is 0 Å². The number of nitrogens with zero attached hydrogens (tertiary/aromatic N) is 1. The summed E-state index contributed by atoms with van der Waals surface area (Å²) in [7, 11) is 0. The molecule has 0 spiro atoms. The van der Waals surface area contributed by atoms with Crippen molar-refractivity contribution in [1.82, 2.24) is 4.90 Å². The van der Waals surface area contributed by atoms with Crippen LogP contribution in [0.2, 0.25) is 0 Å². The zero-order chi connectivity index (χ0) is 12.0. The van der Waals surface area contributed by atoms with Gasteiger partial charge in [-0.2, -0.15) is 0 Å². The molecule has 0 radical (unpaired) electrons. The molecule has 1 saturated heterocycles. The molecule has 0 aromatic rings. The van der Waals surface area contributed by atoms with Crippen LogP contribution in [-0.2, 0) is 0 Å². The maximum atomic E-state index is 9.53. The van der Waals surface area contributed by atoms with Crippen LogP contribution in [0.1, 0.15) is 39.5 Å². The van der Waals surface area contributed by atoms with Crippen molar-refractivity contribution in [2.24, 2.45) is 17.3 Å². The van der Waals surface area contributed by atoms with E-state index in [1.807, 2.05) is 0 Å². The van der Waals surface area contributed by atoms with Crippen LogP contribution in [0.3, 0.4) is 0 Å². The van der Waals surface area contributed by atoms with Crippen molar-refractivity contribution >= 4 is 0 Å². The average molecular weight is 235 g/mol. The molecule has 0 aromatic heterocycles. The van der Waals surface area contributed by atoms with Crippen LogP contribution in [0, 0.1) is 17.3 Å². The Morgan fingerprint density at radius 3 is 2.65 bits per heavy atom. The Morgan fingerprint density at radius 1 is 1.35 bits per heavy atom. The third-order valence-corrected chi connectivity index (χ3v) is 5.55. The van der Waals surface area contributed by atoms with Gasteiger partial charge in [0.05, 0.1) is 6.10 Å². The first-order valence-corrected chi connectivity index (χ1v) is 7.16. The molecule has 96 valence electrons. The van der Waals surface area contributed by atoms with Crippen molar-refractivity contribution in [3.05, 3.63) is 11.6 Å². The van der Waals surface area contributed by atoms with Gasteiger partial charge in [0, 0.05) is 19.6 Å². The van der Waals surface area contributed by atoms with Gasteiger partial charge in [-0.1, -0.05) is 25.5 Å². The zero-order valence-corrected chi connectivity index (χ0v) is 11.2. The number of hydrogen-bond donors (Lipinski definition) is 1. The van der Waals surface area contributed by atoms with Crippen LogP contribution in [0.15, 0.2) is 11.6 Å². The Hall–Kier alpha value is -0.340. The maximum absolute atomic E-state index is 9.53. The fourth-order valence-electron chi connectivity index (χ4n) is 3.99. The molecule has 2 bridgehead atoms. The highest BCUT2D eigenvalue weighted by Crippen LogP contribution is 2.59. The molecule has 2 nitrogen and oxygen atoms in total. The van der Waals surface area contributed by atoms with Crippen LogP contribution in [-0.4, -0.2) is 35.7 Å². The topological polar surface area (TPSA) is 23.5 Å². The Balaban J connectivity index is 1.61. The highest BCUT2D eigenvalue weighted by atomic mass is 16.3. The SMILES string of the molecule is CC1(C)[C@H]2CC=C(CN3CCC(O)CC3)[C@@H]1C2. The number of likely N-dealkylation sites (tertiary alicyclic amines) is 1. The molecule has 0 unspecified atom stereocenters. The van der Waals surface area contributed by atoms with E-state index in [1.165, 1.54) is 12.8 Å². The average Bonchev–Trinajstić information content (AvgIpc) is 2.32. The van der Waals surface area contributed by atoms with E-state index >= 15 is 0 Å². The monoisotopic (exact) mass is 235 g/mol. The number of hydrogen-bond acceptors (Lipinski definition) is 2. The lowest BCUT2D eigenvalue weighted by atomic mass is 9.49. The van der Waals surface area contributed by atoms with E-state index in [4.69, 9.17) is 0 Å². The third-order valence-electron chi connectivity index (χ3n) is 5.55. The van der Waals surface area contributed by atoms with Crippen molar-refractivity contribution in [3.8, 4) is 0 Å². The van der Waals surface area contributed by atoms with Crippen molar-refractivity contribution in [2.75, 3.05) is 19.6 Å². The summed E-state index contributed by atoms with van der Waals surface area (Å²) in [5.41, 5.74) is 2.24. The van der Waals surface area contributed by atoms with Gasteiger partial charge in [-0.05, 0) is 42.9 Å². The molecular weight excluding hydrogens is 210 g/mol. The van der Waals surface area contributed by atoms with Crippen LogP contribution < -0.4 is 0 Å². The third kappa shape index (κ3) is 1.96. The molecule has 1 saturated carbocycles. The summed E-state index contributed by atoms with van der Waals surface area (Å²) in [6.07, 6.45) is 7.12. The fourth-order valence-corrected chi connectivity index (χ4v) is 3.99. The Morgan fingerprint density at radius 2 is 2.06 bits per heavy atom. The van der Waals surface area contributed by atoms with Crippen molar-refractivity contribution in [1.29, 1.82) is 0 Å². The molecule has 1 aliphatic heterocycles. The van der Waals surface area contributed by atoms with Gasteiger partial charge in [-0.3, -0.25) is 4.90 Å². The van der Waals surface area contributed by atoms with E-state index in [9.17, 15) is 5.11 Å². The second-order valence-electron chi connectivity index (χ2n) is 6.83. The lowest BCUT2D eigenvalue weighted by Crippen LogP contribution is -2.50. The second kappa shape index (κ2) is 4.10. The maximum Gasteiger partial charge on any atom is 0.0564 e. The van der Waals surface area contributed by atoms with Crippen LogP contribution in [0.5, 0.6) is 0 Å². The largest absolute Gasteiger partial charge is 0.393 e. The van der Waals surface area contributed by atoms with E-state index in [2.05, 4.69) is 24.8 Å². The number of aliphatic hydroxyl groups excluding tert-OH is 1. The molecule has 2 fully saturated rings. The number of rotatable bonds is 2. The summed E-state index contributed by atoms with van der Waals surface area (Å²) in [6.45, 7) is 8.20. The van der Waals surface area contributed by atoms with Crippen LogP contribution in [0.4, 0.5) is 0 Å². The highest BCUT2D eigenvalue weighted by Gasteiger charge is 2.51. The number of aliphatic hydroxyl groups is 1. The number of fused-ring (bicyclic) bond motifs is 1. The van der Waals surface area contributed by atoms with Gasteiger partial charge >= 0.3 is 0 Å².